The molecule has 0 spiro atoms. The average molecular weight is 249 g/mol. The molecule has 2 aromatic rings. The van der Waals surface area contributed by atoms with E-state index >= 15 is 0 Å². The van der Waals surface area contributed by atoms with Crippen LogP contribution in [0.4, 0.5) is 5.69 Å². The molecule has 0 atom stereocenters. The highest BCUT2D eigenvalue weighted by Crippen LogP contribution is 2.21. The molecule has 18 heavy (non-hydrogen) atoms. The molecule has 0 aliphatic heterocycles. The molecule has 2 aromatic heterocycles. The number of methoxy groups -OCH3 is 1. The number of rotatable bonds is 5. The Morgan fingerprint density at radius 2 is 2.17 bits per heavy atom. The average Bonchev–Trinajstić information content (AvgIpc) is 2.92. The lowest BCUT2D eigenvalue weighted by Gasteiger charge is -2.04. The highest BCUT2D eigenvalue weighted by Gasteiger charge is 2.08. The van der Waals surface area contributed by atoms with Crippen LogP contribution < -0.4 is 10.1 Å². The number of hydrogen-bond donors (Lipinski definition) is 1. The van der Waals surface area contributed by atoms with E-state index in [1.807, 2.05) is 30.3 Å². The van der Waals surface area contributed by atoms with Crippen molar-refractivity contribution in [2.45, 2.75) is 26.4 Å². The summed E-state index contributed by atoms with van der Waals surface area (Å²) in [6, 6.07) is 0.381. The predicted molar refractivity (Wildman–Crippen MR) is 69.7 cm³/mol. The van der Waals surface area contributed by atoms with Gasteiger partial charge in [-0.15, -0.1) is 5.10 Å². The third-order valence-electron chi connectivity index (χ3n) is 2.66. The zero-order chi connectivity index (χ0) is 13.1. The molecule has 0 radical (unpaired) electrons. The third kappa shape index (κ3) is 2.64. The predicted octanol–water partition coefficient (Wildman–Crippen LogP) is 1.82. The Bertz CT molecular complexity index is 514. The molecule has 1 N–H and O–H groups in total. The summed E-state index contributed by atoms with van der Waals surface area (Å²) in [4.78, 5) is 0. The van der Waals surface area contributed by atoms with Gasteiger partial charge in [-0.1, -0.05) is 0 Å². The molecular weight excluding hydrogens is 230 g/mol. The molecule has 0 aliphatic carbocycles. The van der Waals surface area contributed by atoms with E-state index in [-0.39, 0.29) is 0 Å². The van der Waals surface area contributed by atoms with Crippen LogP contribution in [-0.4, -0.2) is 26.7 Å². The molecule has 98 valence electrons. The van der Waals surface area contributed by atoms with Gasteiger partial charge >= 0.3 is 0 Å². The highest BCUT2D eigenvalue weighted by atomic mass is 16.5. The Kier molecular flexibility index (Phi) is 3.55. The molecule has 2 heterocycles. The van der Waals surface area contributed by atoms with Gasteiger partial charge in [0.15, 0.2) is 0 Å². The first kappa shape index (κ1) is 12.5. The van der Waals surface area contributed by atoms with Crippen molar-refractivity contribution in [1.82, 2.24) is 19.6 Å². The van der Waals surface area contributed by atoms with E-state index < -0.39 is 0 Å². The normalized spacial score (nSPS) is 10.9. The van der Waals surface area contributed by atoms with Crippen LogP contribution in [-0.2, 0) is 13.6 Å². The second kappa shape index (κ2) is 5.12. The number of nitrogens with zero attached hydrogens (tertiary/aromatic N) is 4. The van der Waals surface area contributed by atoms with Crippen molar-refractivity contribution < 1.29 is 4.74 Å². The van der Waals surface area contributed by atoms with Crippen LogP contribution in [0.25, 0.3) is 0 Å². The molecule has 0 saturated carbocycles. The lowest BCUT2D eigenvalue weighted by molar-refractivity contribution is 0.393. The van der Waals surface area contributed by atoms with Gasteiger partial charge in [-0.05, 0) is 13.8 Å². The van der Waals surface area contributed by atoms with E-state index in [0.717, 1.165) is 11.3 Å². The summed E-state index contributed by atoms with van der Waals surface area (Å²) in [6.45, 7) is 4.91. The smallest absolute Gasteiger partial charge is 0.256 e. The monoisotopic (exact) mass is 249 g/mol. The number of ether oxygens (including phenoxy) is 1. The van der Waals surface area contributed by atoms with Gasteiger partial charge in [0, 0.05) is 31.4 Å². The van der Waals surface area contributed by atoms with Gasteiger partial charge < -0.3 is 10.1 Å². The van der Waals surface area contributed by atoms with Crippen LogP contribution in [0.1, 0.15) is 25.5 Å². The van der Waals surface area contributed by atoms with Gasteiger partial charge in [0.1, 0.15) is 5.69 Å². The zero-order valence-electron chi connectivity index (χ0n) is 11.2. The largest absolute Gasteiger partial charge is 0.478 e. The molecule has 0 unspecified atom stereocenters. The summed E-state index contributed by atoms with van der Waals surface area (Å²) >= 11 is 0. The van der Waals surface area contributed by atoms with Crippen LogP contribution in [0.5, 0.6) is 5.88 Å². The topological polar surface area (TPSA) is 56.9 Å². The molecule has 0 amide bonds. The molecule has 0 fully saturated rings. The number of aromatic nitrogens is 4. The fourth-order valence-electron chi connectivity index (χ4n) is 1.69. The maximum atomic E-state index is 5.18. The van der Waals surface area contributed by atoms with Crippen molar-refractivity contribution in [2.24, 2.45) is 7.05 Å². The number of nitrogens with one attached hydrogen (secondary N) is 1. The van der Waals surface area contributed by atoms with Crippen LogP contribution in [0.3, 0.4) is 0 Å². The third-order valence-corrected chi connectivity index (χ3v) is 2.66. The maximum absolute atomic E-state index is 5.18. The Hall–Kier alpha value is -1.98. The Balaban J connectivity index is 2.01. The van der Waals surface area contributed by atoms with Crippen molar-refractivity contribution in [1.29, 1.82) is 0 Å². The Morgan fingerprint density at radius 3 is 2.78 bits per heavy atom. The second-order valence-electron chi connectivity index (χ2n) is 4.50. The molecule has 2 rings (SSSR count). The van der Waals surface area contributed by atoms with E-state index in [9.17, 15) is 0 Å². The second-order valence-corrected chi connectivity index (χ2v) is 4.50. The van der Waals surface area contributed by atoms with E-state index in [1.54, 1.807) is 11.8 Å². The molecular formula is C12H19N5O. The summed E-state index contributed by atoms with van der Waals surface area (Å²) in [5.41, 5.74) is 2.02. The van der Waals surface area contributed by atoms with Gasteiger partial charge in [-0.3, -0.25) is 9.36 Å². The van der Waals surface area contributed by atoms with Crippen LogP contribution in [0, 0.1) is 0 Å². The quantitative estimate of drug-likeness (QED) is 0.878. The van der Waals surface area contributed by atoms with Crippen molar-refractivity contribution in [3.05, 3.63) is 24.2 Å². The summed E-state index contributed by atoms with van der Waals surface area (Å²) in [5.74, 6) is 0.605. The molecule has 0 saturated heterocycles. The summed E-state index contributed by atoms with van der Waals surface area (Å²) in [5, 5.41) is 11.8. The number of anilines is 1. The highest BCUT2D eigenvalue weighted by molar-refractivity contribution is 5.51. The van der Waals surface area contributed by atoms with Crippen molar-refractivity contribution in [3.8, 4) is 5.88 Å². The molecule has 0 aromatic carbocycles. The first-order valence-corrected chi connectivity index (χ1v) is 5.94. The summed E-state index contributed by atoms with van der Waals surface area (Å²) in [7, 11) is 3.48. The van der Waals surface area contributed by atoms with E-state index in [2.05, 4.69) is 29.4 Å². The summed E-state index contributed by atoms with van der Waals surface area (Å²) < 4.78 is 8.85. The van der Waals surface area contributed by atoms with Crippen molar-refractivity contribution in [2.75, 3.05) is 12.4 Å². The van der Waals surface area contributed by atoms with E-state index in [1.165, 1.54) is 0 Å². The van der Waals surface area contributed by atoms with Gasteiger partial charge in [0.2, 0.25) is 0 Å². The lowest BCUT2D eigenvalue weighted by Crippen LogP contribution is -2.01. The van der Waals surface area contributed by atoms with E-state index in [4.69, 9.17) is 4.74 Å². The van der Waals surface area contributed by atoms with Crippen molar-refractivity contribution >= 4 is 5.69 Å². The minimum Gasteiger partial charge on any atom is -0.478 e. The Labute approximate surface area is 107 Å². The number of hydrogen-bond acceptors (Lipinski definition) is 4. The standard InChI is InChI=1S/C12H19N5O/c1-9(2)17-7-10(6-14-17)5-13-11-8-16(3)15-12(11)18-4/h6-9,13H,5H2,1-4H3. The van der Waals surface area contributed by atoms with Gasteiger partial charge in [-0.2, -0.15) is 5.10 Å². The zero-order valence-corrected chi connectivity index (χ0v) is 11.2. The summed E-state index contributed by atoms with van der Waals surface area (Å²) in [6.07, 6.45) is 5.81. The van der Waals surface area contributed by atoms with Crippen LogP contribution in [0.2, 0.25) is 0 Å². The first-order chi connectivity index (χ1) is 8.60. The SMILES string of the molecule is COc1nn(C)cc1NCc1cnn(C(C)C)c1. The van der Waals surface area contributed by atoms with Crippen molar-refractivity contribution in [3.63, 3.8) is 0 Å². The van der Waals surface area contributed by atoms with Gasteiger partial charge in [0.05, 0.1) is 19.5 Å². The van der Waals surface area contributed by atoms with Crippen LogP contribution >= 0.6 is 0 Å². The fraction of sp³-hybridized carbons (Fsp3) is 0.500. The van der Waals surface area contributed by atoms with Gasteiger partial charge in [0.25, 0.3) is 5.88 Å². The molecule has 6 nitrogen and oxygen atoms in total. The molecule has 0 bridgehead atoms. The van der Waals surface area contributed by atoms with Gasteiger partial charge in [-0.25, -0.2) is 0 Å². The minimum atomic E-state index is 0.381. The molecule has 6 heteroatoms. The molecule has 0 aliphatic rings. The maximum Gasteiger partial charge on any atom is 0.256 e. The van der Waals surface area contributed by atoms with E-state index in [0.29, 0.717) is 18.5 Å². The Morgan fingerprint density at radius 1 is 1.39 bits per heavy atom. The first-order valence-electron chi connectivity index (χ1n) is 5.94. The lowest BCUT2D eigenvalue weighted by atomic mass is 10.3. The minimum absolute atomic E-state index is 0.381. The van der Waals surface area contributed by atoms with Crippen LogP contribution in [0.15, 0.2) is 18.6 Å². The fourth-order valence-corrected chi connectivity index (χ4v) is 1.69. The number of aryl methyl sites for hydroxylation is 1.